The molecule has 0 amide bonds. The van der Waals surface area contributed by atoms with E-state index in [9.17, 15) is 19.0 Å². The molecule has 10 heteroatoms. The first-order valence-electron chi connectivity index (χ1n) is 25.4. The number of hydrogen-bond donors (Lipinski definition) is 2. The SMILES string of the molecule is CC/C=C\C/C=C\C/C=C\C/C=C\C/C=C\CC(=O)OC(COC(=O)CCCCCCCCCCCCCCCCCC/C=C\C/C=C\C/C=C\C/C=C\CC)COP(=O)(O)OCCN. The number of ether oxygens (including phenoxy) is 2. The highest BCUT2D eigenvalue weighted by Crippen LogP contribution is 2.43. The minimum atomic E-state index is -4.41. The van der Waals surface area contributed by atoms with E-state index in [-0.39, 0.29) is 32.6 Å². The van der Waals surface area contributed by atoms with Gasteiger partial charge in [-0.1, -0.05) is 213 Å². The van der Waals surface area contributed by atoms with Crippen LogP contribution in [0.2, 0.25) is 0 Å². The zero-order valence-electron chi connectivity index (χ0n) is 40.9. The van der Waals surface area contributed by atoms with Gasteiger partial charge in [-0.15, -0.1) is 0 Å². The normalized spacial score (nSPS) is 14.1. The highest BCUT2D eigenvalue weighted by atomic mass is 31.2. The Balaban J connectivity index is 4.03. The highest BCUT2D eigenvalue weighted by molar-refractivity contribution is 7.47. The van der Waals surface area contributed by atoms with E-state index in [1.165, 1.54) is 83.5 Å². The molecular weight excluding hydrogens is 834 g/mol. The molecule has 0 aromatic carbocycles. The number of allylic oxidation sites excluding steroid dienone is 17. The standard InChI is InChI=1S/C55H92NO8P/c1-3-5-7-9-11-13-15-17-19-20-21-22-23-24-25-26-27-28-29-30-31-32-34-35-37-39-41-43-45-47-54(57)61-51-53(52-63-65(59,60)62-50-49-56)64-55(58)48-46-44-42-40-38-36-33-18-16-14-12-10-8-6-4-2/h5-8,11-14,17-19,21-22,33,38,40,44,46,53H,3-4,9-10,15-16,20,23-32,34-37,39,41-43,45,47-52,56H2,1-2H3,(H,59,60)/b7-5-,8-6-,13-11-,14-12-,19-17-,22-21-,33-18-,40-38-,46-44-. The Morgan fingerprint density at radius 3 is 1.26 bits per heavy atom. The molecule has 65 heavy (non-hydrogen) atoms. The fourth-order valence-electron chi connectivity index (χ4n) is 6.53. The molecular formula is C55H92NO8P. The minimum absolute atomic E-state index is 0.00622. The molecule has 370 valence electrons. The molecule has 0 aliphatic heterocycles. The Bertz CT molecular complexity index is 1430. The molecule has 0 aromatic heterocycles. The van der Waals surface area contributed by atoms with E-state index in [1.54, 1.807) is 6.08 Å². The summed E-state index contributed by atoms with van der Waals surface area (Å²) >= 11 is 0. The van der Waals surface area contributed by atoms with Gasteiger partial charge in [0.2, 0.25) is 0 Å². The quantitative estimate of drug-likeness (QED) is 0.0265. The van der Waals surface area contributed by atoms with Crippen molar-refractivity contribution < 1.29 is 37.6 Å². The van der Waals surface area contributed by atoms with Gasteiger partial charge >= 0.3 is 19.8 Å². The summed E-state index contributed by atoms with van der Waals surface area (Å²) in [6.45, 7) is 3.39. The molecule has 2 unspecified atom stereocenters. The van der Waals surface area contributed by atoms with Gasteiger partial charge in [-0.3, -0.25) is 18.6 Å². The fourth-order valence-corrected chi connectivity index (χ4v) is 7.29. The number of unbranched alkanes of at least 4 members (excludes halogenated alkanes) is 16. The summed E-state index contributed by atoms with van der Waals surface area (Å²) in [6, 6.07) is 0. The highest BCUT2D eigenvalue weighted by Gasteiger charge is 2.25. The zero-order valence-corrected chi connectivity index (χ0v) is 41.8. The van der Waals surface area contributed by atoms with Crippen molar-refractivity contribution in [1.29, 1.82) is 0 Å². The summed E-state index contributed by atoms with van der Waals surface area (Å²) in [4.78, 5) is 34.9. The van der Waals surface area contributed by atoms with E-state index < -0.39 is 32.5 Å². The number of phosphoric ester groups is 1. The van der Waals surface area contributed by atoms with Gasteiger partial charge in [0, 0.05) is 13.0 Å². The second-order valence-corrected chi connectivity index (χ2v) is 17.7. The second-order valence-electron chi connectivity index (χ2n) is 16.3. The molecule has 0 rings (SSSR count). The summed E-state index contributed by atoms with van der Waals surface area (Å²) < 4.78 is 32.7. The van der Waals surface area contributed by atoms with Crippen molar-refractivity contribution in [2.24, 2.45) is 5.73 Å². The average Bonchev–Trinajstić information content (AvgIpc) is 3.30. The van der Waals surface area contributed by atoms with Gasteiger partial charge in [0.25, 0.3) is 0 Å². The van der Waals surface area contributed by atoms with Crippen LogP contribution in [0, 0.1) is 0 Å². The summed E-state index contributed by atoms with van der Waals surface area (Å²) in [5.74, 6) is -0.981. The first-order valence-corrected chi connectivity index (χ1v) is 26.9. The van der Waals surface area contributed by atoms with E-state index in [0.717, 1.165) is 70.6 Å². The van der Waals surface area contributed by atoms with Crippen LogP contribution in [0.5, 0.6) is 0 Å². The lowest BCUT2D eigenvalue weighted by Crippen LogP contribution is -2.29. The average molecular weight is 926 g/mol. The maximum Gasteiger partial charge on any atom is 0.472 e. The van der Waals surface area contributed by atoms with Crippen molar-refractivity contribution in [3.63, 3.8) is 0 Å². The minimum Gasteiger partial charge on any atom is -0.462 e. The van der Waals surface area contributed by atoms with Crippen LogP contribution in [0.3, 0.4) is 0 Å². The van der Waals surface area contributed by atoms with Crippen LogP contribution in [0.1, 0.15) is 194 Å². The first kappa shape index (κ1) is 61.7. The third kappa shape index (κ3) is 49.9. The van der Waals surface area contributed by atoms with Crippen molar-refractivity contribution in [2.75, 3.05) is 26.4 Å². The maximum absolute atomic E-state index is 12.6. The van der Waals surface area contributed by atoms with Crippen molar-refractivity contribution in [2.45, 2.75) is 200 Å². The maximum atomic E-state index is 12.6. The number of rotatable bonds is 46. The number of hydrogen-bond acceptors (Lipinski definition) is 8. The molecule has 0 aromatic rings. The van der Waals surface area contributed by atoms with Gasteiger partial charge in [-0.05, 0) is 77.0 Å². The molecule has 0 bridgehead atoms. The zero-order chi connectivity index (χ0) is 47.4. The van der Waals surface area contributed by atoms with Gasteiger partial charge in [-0.25, -0.2) is 4.57 Å². The van der Waals surface area contributed by atoms with Crippen LogP contribution in [-0.2, 0) is 32.7 Å². The van der Waals surface area contributed by atoms with E-state index in [2.05, 4.69) is 105 Å². The summed E-state index contributed by atoms with van der Waals surface area (Å²) in [5, 5.41) is 0. The number of esters is 2. The van der Waals surface area contributed by atoms with Gasteiger partial charge in [0.1, 0.15) is 6.61 Å². The molecule has 0 saturated carbocycles. The number of carbonyl (C=O) groups is 2. The van der Waals surface area contributed by atoms with Gasteiger partial charge in [-0.2, -0.15) is 0 Å². The second kappa shape index (κ2) is 50.1. The summed E-state index contributed by atoms with van der Waals surface area (Å²) in [7, 11) is -4.41. The molecule has 0 aliphatic rings. The van der Waals surface area contributed by atoms with Crippen molar-refractivity contribution in [3.8, 4) is 0 Å². The van der Waals surface area contributed by atoms with Crippen LogP contribution in [0.4, 0.5) is 0 Å². The van der Waals surface area contributed by atoms with E-state index in [1.807, 2.05) is 12.2 Å². The molecule has 0 fully saturated rings. The smallest absolute Gasteiger partial charge is 0.462 e. The Hall–Kier alpha value is -3.33. The third-order valence-electron chi connectivity index (χ3n) is 10.2. The predicted octanol–water partition coefficient (Wildman–Crippen LogP) is 15.5. The monoisotopic (exact) mass is 926 g/mol. The Morgan fingerprint density at radius 2 is 0.846 bits per heavy atom. The predicted molar refractivity (Wildman–Crippen MR) is 275 cm³/mol. The molecule has 9 nitrogen and oxygen atoms in total. The largest absolute Gasteiger partial charge is 0.472 e. The van der Waals surface area contributed by atoms with Crippen molar-refractivity contribution in [1.82, 2.24) is 0 Å². The van der Waals surface area contributed by atoms with Crippen LogP contribution < -0.4 is 5.73 Å². The summed E-state index contributed by atoms with van der Waals surface area (Å²) in [6.07, 6.45) is 67.5. The Kier molecular flexibility index (Phi) is 47.5. The number of carbonyl (C=O) groups excluding carboxylic acids is 2. The molecule has 0 radical (unpaired) electrons. The summed E-state index contributed by atoms with van der Waals surface area (Å²) in [5.41, 5.74) is 5.35. The molecule has 0 heterocycles. The van der Waals surface area contributed by atoms with Crippen LogP contribution in [0.15, 0.2) is 109 Å². The van der Waals surface area contributed by atoms with E-state index in [4.69, 9.17) is 24.3 Å². The lowest BCUT2D eigenvalue weighted by Gasteiger charge is -2.19. The van der Waals surface area contributed by atoms with Crippen molar-refractivity contribution in [3.05, 3.63) is 109 Å². The van der Waals surface area contributed by atoms with Crippen LogP contribution >= 0.6 is 7.82 Å². The molecule has 0 saturated heterocycles. The Labute approximate surface area is 397 Å². The molecule has 2 atom stereocenters. The van der Waals surface area contributed by atoms with E-state index in [0.29, 0.717) is 12.8 Å². The number of nitrogens with two attached hydrogens (primary N) is 1. The molecule has 3 N–H and O–H groups in total. The van der Waals surface area contributed by atoms with E-state index >= 15 is 0 Å². The topological polar surface area (TPSA) is 134 Å². The van der Waals surface area contributed by atoms with Gasteiger partial charge in [0.05, 0.1) is 19.6 Å². The first-order chi connectivity index (χ1) is 31.8. The van der Waals surface area contributed by atoms with Crippen LogP contribution in [-0.4, -0.2) is 49.3 Å². The Morgan fingerprint density at radius 1 is 0.477 bits per heavy atom. The molecule has 0 aliphatic carbocycles. The lowest BCUT2D eigenvalue weighted by atomic mass is 10.0. The molecule has 0 spiro atoms. The lowest BCUT2D eigenvalue weighted by molar-refractivity contribution is -0.160. The fraction of sp³-hybridized carbons (Fsp3) is 0.636. The van der Waals surface area contributed by atoms with Crippen molar-refractivity contribution >= 4 is 19.8 Å². The van der Waals surface area contributed by atoms with Crippen LogP contribution in [0.25, 0.3) is 0 Å². The van der Waals surface area contributed by atoms with Gasteiger partial charge in [0.15, 0.2) is 6.10 Å². The van der Waals surface area contributed by atoms with Gasteiger partial charge < -0.3 is 20.1 Å². The third-order valence-corrected chi connectivity index (χ3v) is 11.2. The number of phosphoric acid groups is 1.